The second-order valence-corrected chi connectivity index (χ2v) is 8.13. The molecule has 7 heteroatoms. The number of hydrogen-bond acceptors (Lipinski definition) is 4. The van der Waals surface area contributed by atoms with E-state index in [1.807, 2.05) is 36.4 Å². The molecule has 148 valence electrons. The highest BCUT2D eigenvalue weighted by atomic mass is 32.1. The summed E-state index contributed by atoms with van der Waals surface area (Å²) in [6.45, 7) is 1.41. The number of benzene rings is 1. The Morgan fingerprint density at radius 3 is 2.54 bits per heavy atom. The highest BCUT2D eigenvalue weighted by Gasteiger charge is 2.19. The van der Waals surface area contributed by atoms with Gasteiger partial charge in [0.15, 0.2) is 0 Å². The monoisotopic (exact) mass is 399 g/mol. The molecule has 2 aromatic rings. The lowest BCUT2D eigenvalue weighted by atomic mass is 10.0. The van der Waals surface area contributed by atoms with Crippen LogP contribution in [-0.2, 0) is 22.4 Å². The molecular weight excluding hydrogens is 374 g/mol. The Hall–Kier alpha value is -2.67. The Kier molecular flexibility index (Phi) is 6.81. The highest BCUT2D eigenvalue weighted by Crippen LogP contribution is 2.28. The van der Waals surface area contributed by atoms with Crippen LogP contribution in [0.25, 0.3) is 0 Å². The van der Waals surface area contributed by atoms with Gasteiger partial charge in [-0.3, -0.25) is 25.2 Å². The molecule has 0 bridgehead atoms. The highest BCUT2D eigenvalue weighted by molar-refractivity contribution is 7.14. The molecule has 1 aliphatic carbocycles. The quantitative estimate of drug-likeness (QED) is 0.533. The Balaban J connectivity index is 1.56. The molecule has 1 atom stereocenters. The molecule has 0 spiro atoms. The van der Waals surface area contributed by atoms with Gasteiger partial charge < -0.3 is 5.32 Å². The smallest absolute Gasteiger partial charge is 0.279 e. The SMILES string of the molecule is CC(=O)N[C@@H](CC(=O)NNC(=O)c1cc2c(s1)CCCCC2)c1ccccc1. The van der Waals surface area contributed by atoms with E-state index in [1.54, 1.807) is 0 Å². The van der Waals surface area contributed by atoms with E-state index in [0.717, 1.165) is 31.2 Å². The molecule has 1 aromatic heterocycles. The normalized spacial score (nSPS) is 14.3. The molecule has 1 aliphatic rings. The fourth-order valence-electron chi connectivity index (χ4n) is 3.39. The first-order valence-electron chi connectivity index (χ1n) is 9.55. The van der Waals surface area contributed by atoms with Gasteiger partial charge in [-0.05, 0) is 42.9 Å². The average molecular weight is 400 g/mol. The Labute approximate surface area is 168 Å². The van der Waals surface area contributed by atoms with E-state index in [9.17, 15) is 14.4 Å². The van der Waals surface area contributed by atoms with Crippen LogP contribution in [0, 0.1) is 0 Å². The number of nitrogens with one attached hydrogen (secondary N) is 3. The molecule has 3 amide bonds. The van der Waals surface area contributed by atoms with Crippen molar-refractivity contribution in [3.8, 4) is 0 Å². The lowest BCUT2D eigenvalue weighted by Crippen LogP contribution is -2.43. The maximum Gasteiger partial charge on any atom is 0.279 e. The second-order valence-electron chi connectivity index (χ2n) is 6.99. The molecule has 28 heavy (non-hydrogen) atoms. The van der Waals surface area contributed by atoms with Crippen molar-refractivity contribution in [2.45, 2.75) is 51.5 Å². The van der Waals surface area contributed by atoms with Gasteiger partial charge in [0.05, 0.1) is 17.3 Å². The molecule has 1 aromatic carbocycles. The van der Waals surface area contributed by atoms with Gasteiger partial charge in [-0.2, -0.15) is 0 Å². The first-order chi connectivity index (χ1) is 13.5. The van der Waals surface area contributed by atoms with Crippen molar-refractivity contribution in [2.75, 3.05) is 0 Å². The fourth-order valence-corrected chi connectivity index (χ4v) is 4.54. The van der Waals surface area contributed by atoms with Gasteiger partial charge in [0.1, 0.15) is 0 Å². The van der Waals surface area contributed by atoms with Crippen molar-refractivity contribution >= 4 is 29.1 Å². The van der Waals surface area contributed by atoms with Crippen molar-refractivity contribution in [1.29, 1.82) is 0 Å². The number of aryl methyl sites for hydroxylation is 2. The summed E-state index contributed by atoms with van der Waals surface area (Å²) in [5, 5.41) is 2.77. The minimum Gasteiger partial charge on any atom is -0.349 e. The zero-order chi connectivity index (χ0) is 19.9. The first kappa shape index (κ1) is 20.1. The Morgan fingerprint density at radius 1 is 1.04 bits per heavy atom. The van der Waals surface area contributed by atoms with Crippen LogP contribution in [0.2, 0.25) is 0 Å². The first-order valence-corrected chi connectivity index (χ1v) is 10.4. The van der Waals surface area contributed by atoms with Gasteiger partial charge in [-0.1, -0.05) is 36.8 Å². The van der Waals surface area contributed by atoms with Crippen molar-refractivity contribution in [3.05, 3.63) is 57.3 Å². The number of hydrogen-bond donors (Lipinski definition) is 3. The third-order valence-electron chi connectivity index (χ3n) is 4.75. The minimum absolute atomic E-state index is 0.0326. The zero-order valence-corrected chi connectivity index (χ0v) is 16.7. The van der Waals surface area contributed by atoms with Crippen molar-refractivity contribution < 1.29 is 14.4 Å². The van der Waals surface area contributed by atoms with Crippen LogP contribution in [-0.4, -0.2) is 17.7 Å². The van der Waals surface area contributed by atoms with Gasteiger partial charge in [0, 0.05) is 11.8 Å². The lowest BCUT2D eigenvalue weighted by Gasteiger charge is -2.18. The standard InChI is InChI=1S/C21H25N3O3S/c1-14(25)22-17(15-8-4-2-5-9-15)13-20(26)23-24-21(27)19-12-16-10-6-3-7-11-18(16)28-19/h2,4-5,8-9,12,17H,3,6-7,10-11,13H2,1H3,(H,22,25)(H,23,26)(H,24,27)/t17-/m0/s1. The maximum absolute atomic E-state index is 12.4. The van der Waals surface area contributed by atoms with Gasteiger partial charge in [0.25, 0.3) is 5.91 Å². The van der Waals surface area contributed by atoms with Crippen molar-refractivity contribution in [1.82, 2.24) is 16.2 Å². The van der Waals surface area contributed by atoms with Crippen molar-refractivity contribution in [3.63, 3.8) is 0 Å². The third-order valence-corrected chi connectivity index (χ3v) is 5.99. The number of amides is 3. The zero-order valence-electron chi connectivity index (χ0n) is 15.9. The van der Waals surface area contributed by atoms with E-state index in [1.165, 1.54) is 35.1 Å². The van der Waals surface area contributed by atoms with Crippen LogP contribution in [0.3, 0.4) is 0 Å². The van der Waals surface area contributed by atoms with Crippen molar-refractivity contribution in [2.24, 2.45) is 0 Å². The molecule has 3 rings (SSSR count). The summed E-state index contributed by atoms with van der Waals surface area (Å²) in [6, 6.07) is 10.8. The van der Waals surface area contributed by atoms with E-state index in [-0.39, 0.29) is 24.1 Å². The van der Waals surface area contributed by atoms with Gasteiger partial charge in [-0.15, -0.1) is 11.3 Å². The van der Waals surface area contributed by atoms with Crippen LogP contribution >= 0.6 is 11.3 Å². The third kappa shape index (κ3) is 5.42. The topological polar surface area (TPSA) is 87.3 Å². The van der Waals surface area contributed by atoms with E-state index < -0.39 is 6.04 Å². The van der Waals surface area contributed by atoms with Crippen LogP contribution in [0.15, 0.2) is 36.4 Å². The number of hydrazine groups is 1. The fraction of sp³-hybridized carbons (Fsp3) is 0.381. The molecule has 0 aliphatic heterocycles. The summed E-state index contributed by atoms with van der Waals surface area (Å²) in [7, 11) is 0. The Bertz CT molecular complexity index is 824. The molecule has 6 nitrogen and oxygen atoms in total. The second kappa shape index (κ2) is 9.50. The van der Waals surface area contributed by atoms with E-state index in [4.69, 9.17) is 0 Å². The average Bonchev–Trinajstić information content (AvgIpc) is 2.96. The van der Waals surface area contributed by atoms with E-state index in [0.29, 0.717) is 4.88 Å². The summed E-state index contributed by atoms with van der Waals surface area (Å²) in [4.78, 5) is 38.1. The molecule has 0 fully saturated rings. The number of fused-ring (bicyclic) bond motifs is 1. The summed E-state index contributed by atoms with van der Waals surface area (Å²) in [6.07, 6.45) is 5.62. The summed E-state index contributed by atoms with van der Waals surface area (Å²) in [5.74, 6) is -0.887. The molecule has 0 saturated carbocycles. The minimum atomic E-state index is -0.451. The van der Waals surface area contributed by atoms with Crippen LogP contribution in [0.5, 0.6) is 0 Å². The summed E-state index contributed by atoms with van der Waals surface area (Å²) < 4.78 is 0. The maximum atomic E-state index is 12.4. The number of thiophene rings is 1. The van der Waals surface area contributed by atoms with Gasteiger partial charge >= 0.3 is 0 Å². The molecule has 0 unspecified atom stereocenters. The van der Waals surface area contributed by atoms with E-state index >= 15 is 0 Å². The summed E-state index contributed by atoms with van der Waals surface area (Å²) in [5.41, 5.74) is 7.05. The van der Waals surface area contributed by atoms with Gasteiger partial charge in [0.2, 0.25) is 11.8 Å². The summed E-state index contributed by atoms with van der Waals surface area (Å²) >= 11 is 1.51. The molecule has 0 radical (unpaired) electrons. The van der Waals surface area contributed by atoms with E-state index in [2.05, 4.69) is 16.2 Å². The predicted molar refractivity (Wildman–Crippen MR) is 109 cm³/mol. The van der Waals surface area contributed by atoms with Crippen LogP contribution < -0.4 is 16.2 Å². The molecule has 3 N–H and O–H groups in total. The predicted octanol–water partition coefficient (Wildman–Crippen LogP) is 3.05. The van der Waals surface area contributed by atoms with Crippen LogP contribution in [0.4, 0.5) is 0 Å². The number of carbonyl (C=O) groups is 3. The lowest BCUT2D eigenvalue weighted by molar-refractivity contribution is -0.123. The van der Waals surface area contributed by atoms with Gasteiger partial charge in [-0.25, -0.2) is 0 Å². The van der Waals surface area contributed by atoms with Crippen LogP contribution in [0.1, 0.15) is 64.3 Å². The molecular formula is C21H25N3O3S. The molecule has 0 saturated heterocycles. The molecule has 1 heterocycles. The number of rotatable bonds is 5. The largest absolute Gasteiger partial charge is 0.349 e. The number of carbonyl (C=O) groups excluding carboxylic acids is 3. The Morgan fingerprint density at radius 2 is 1.79 bits per heavy atom.